The maximum absolute atomic E-state index is 15.2. The highest BCUT2D eigenvalue weighted by molar-refractivity contribution is 5.85. The molecule has 0 aliphatic rings. The Bertz CT molecular complexity index is 1270. The van der Waals surface area contributed by atoms with Crippen LogP contribution >= 0.6 is 0 Å². The maximum Gasteiger partial charge on any atom is 0.134 e. The van der Waals surface area contributed by atoms with Crippen LogP contribution in [0, 0.1) is 24.6 Å². The zero-order valence-corrected chi connectivity index (χ0v) is 19.6. The summed E-state index contributed by atoms with van der Waals surface area (Å²) in [4.78, 5) is 0. The lowest BCUT2D eigenvalue weighted by atomic mass is 9.98. The van der Waals surface area contributed by atoms with Gasteiger partial charge in [0.15, 0.2) is 0 Å². The minimum absolute atomic E-state index is 0.110. The Hall–Kier alpha value is -3.37. The smallest absolute Gasteiger partial charge is 0.134 e. The summed E-state index contributed by atoms with van der Waals surface area (Å²) in [6, 6.07) is 26.7. The fourth-order valence-corrected chi connectivity index (χ4v) is 4.12. The molecule has 4 rings (SSSR count). The van der Waals surface area contributed by atoms with E-state index in [0.29, 0.717) is 11.8 Å². The predicted octanol–water partition coefficient (Wildman–Crippen LogP) is 8.21. The molecule has 4 aromatic carbocycles. The highest BCUT2D eigenvalue weighted by Crippen LogP contribution is 2.24. The van der Waals surface area contributed by atoms with Crippen molar-refractivity contribution in [2.75, 3.05) is 0 Å². The summed E-state index contributed by atoms with van der Waals surface area (Å²) in [6.07, 6.45) is 6.47. The molecular formula is C32H31F. The summed E-state index contributed by atoms with van der Waals surface area (Å²) < 4.78 is 15.2. The van der Waals surface area contributed by atoms with Crippen molar-refractivity contribution in [2.24, 2.45) is 0 Å². The SMILES string of the molecule is CCCCCc1ccc(CCc2ccc3cc(C#Cc4ccc(C)cc4)ccc3c2F)cc1. The van der Waals surface area contributed by atoms with E-state index in [4.69, 9.17) is 0 Å². The minimum Gasteiger partial charge on any atom is -0.206 e. The lowest BCUT2D eigenvalue weighted by molar-refractivity contribution is 0.620. The Labute approximate surface area is 197 Å². The third-order valence-electron chi connectivity index (χ3n) is 6.21. The molecule has 0 nitrogen and oxygen atoms in total. The van der Waals surface area contributed by atoms with Gasteiger partial charge in [0.1, 0.15) is 5.82 Å². The van der Waals surface area contributed by atoms with Gasteiger partial charge in [-0.2, -0.15) is 0 Å². The lowest BCUT2D eigenvalue weighted by Crippen LogP contribution is -1.96. The third kappa shape index (κ3) is 6.11. The van der Waals surface area contributed by atoms with Gasteiger partial charge < -0.3 is 0 Å². The first-order chi connectivity index (χ1) is 16.1. The molecule has 1 heteroatoms. The molecule has 0 saturated heterocycles. The normalized spacial score (nSPS) is 10.8. The van der Waals surface area contributed by atoms with Crippen LogP contribution in [0.4, 0.5) is 4.39 Å². The first-order valence-electron chi connectivity index (χ1n) is 12.0. The quantitative estimate of drug-likeness (QED) is 0.203. The average Bonchev–Trinajstić information content (AvgIpc) is 2.84. The lowest BCUT2D eigenvalue weighted by Gasteiger charge is -2.08. The standard InChI is InChI=1S/C32H31F/c1-3-4-5-6-25-11-13-27(14-12-25)17-19-29-20-21-30-23-28(18-22-31(30)32(29)33)16-15-26-9-7-24(2)8-10-26/h7-14,18,20-23H,3-6,17,19H2,1-2H3. The van der Waals surface area contributed by atoms with Gasteiger partial charge in [0.2, 0.25) is 0 Å². The molecule has 0 heterocycles. The van der Waals surface area contributed by atoms with Gasteiger partial charge >= 0.3 is 0 Å². The Balaban J connectivity index is 1.44. The zero-order chi connectivity index (χ0) is 23.0. The van der Waals surface area contributed by atoms with Crippen molar-refractivity contribution < 1.29 is 4.39 Å². The van der Waals surface area contributed by atoms with Crippen LogP contribution in [0.3, 0.4) is 0 Å². The van der Waals surface area contributed by atoms with E-state index in [9.17, 15) is 0 Å². The predicted molar refractivity (Wildman–Crippen MR) is 138 cm³/mol. The van der Waals surface area contributed by atoms with Gasteiger partial charge in [0.25, 0.3) is 0 Å². The fraction of sp³-hybridized carbons (Fsp3) is 0.250. The van der Waals surface area contributed by atoms with Crippen molar-refractivity contribution in [3.05, 3.63) is 118 Å². The number of unbranched alkanes of at least 4 members (excludes halogenated alkanes) is 2. The monoisotopic (exact) mass is 434 g/mol. The molecule has 0 spiro atoms. The largest absolute Gasteiger partial charge is 0.206 e. The first-order valence-corrected chi connectivity index (χ1v) is 12.0. The number of rotatable bonds is 7. The second-order valence-corrected chi connectivity index (χ2v) is 8.86. The van der Waals surface area contributed by atoms with Crippen LogP contribution in [-0.2, 0) is 19.3 Å². The summed E-state index contributed by atoms with van der Waals surface area (Å²) in [6.45, 7) is 4.29. The Morgan fingerprint density at radius 2 is 1.33 bits per heavy atom. The number of hydrogen-bond donors (Lipinski definition) is 0. The average molecular weight is 435 g/mol. The second kappa shape index (κ2) is 11.0. The number of hydrogen-bond acceptors (Lipinski definition) is 0. The molecule has 0 fully saturated rings. The molecule has 4 aromatic rings. The molecule has 0 aliphatic heterocycles. The van der Waals surface area contributed by atoms with E-state index in [1.165, 1.54) is 36.0 Å². The van der Waals surface area contributed by atoms with Gasteiger partial charge in [-0.1, -0.05) is 91.8 Å². The van der Waals surface area contributed by atoms with Crippen LogP contribution in [-0.4, -0.2) is 0 Å². The van der Waals surface area contributed by atoms with Gasteiger partial charge in [-0.15, -0.1) is 0 Å². The van der Waals surface area contributed by atoms with Crippen molar-refractivity contribution in [3.8, 4) is 11.8 Å². The van der Waals surface area contributed by atoms with Crippen LogP contribution in [0.25, 0.3) is 10.8 Å². The molecule has 0 radical (unpaired) electrons. The summed E-state index contributed by atoms with van der Waals surface area (Å²) in [7, 11) is 0. The van der Waals surface area contributed by atoms with Crippen LogP contribution in [0.15, 0.2) is 78.9 Å². The van der Waals surface area contributed by atoms with E-state index in [1.807, 2.05) is 42.5 Å². The summed E-state index contributed by atoms with van der Waals surface area (Å²) in [5, 5.41) is 1.56. The van der Waals surface area contributed by atoms with Crippen LogP contribution in [0.2, 0.25) is 0 Å². The molecule has 166 valence electrons. The molecule has 0 saturated carbocycles. The van der Waals surface area contributed by atoms with Crippen molar-refractivity contribution in [2.45, 2.75) is 52.4 Å². The van der Waals surface area contributed by atoms with E-state index >= 15 is 4.39 Å². The van der Waals surface area contributed by atoms with E-state index in [1.54, 1.807) is 0 Å². The van der Waals surface area contributed by atoms with E-state index < -0.39 is 0 Å². The number of fused-ring (bicyclic) bond motifs is 1. The van der Waals surface area contributed by atoms with Crippen LogP contribution < -0.4 is 0 Å². The van der Waals surface area contributed by atoms with Crippen LogP contribution in [0.5, 0.6) is 0 Å². The Morgan fingerprint density at radius 3 is 2.06 bits per heavy atom. The molecular weight excluding hydrogens is 403 g/mol. The molecule has 0 atom stereocenters. The van der Waals surface area contributed by atoms with Crippen molar-refractivity contribution >= 4 is 10.8 Å². The van der Waals surface area contributed by atoms with Gasteiger partial charge in [0.05, 0.1) is 0 Å². The van der Waals surface area contributed by atoms with E-state index in [-0.39, 0.29) is 5.82 Å². The van der Waals surface area contributed by atoms with Gasteiger partial charge in [0, 0.05) is 16.5 Å². The van der Waals surface area contributed by atoms with Crippen LogP contribution in [0.1, 0.15) is 59.6 Å². The molecule has 0 aliphatic carbocycles. The molecule has 0 N–H and O–H groups in total. The number of halogens is 1. The van der Waals surface area contributed by atoms with Gasteiger partial charge in [-0.3, -0.25) is 0 Å². The second-order valence-electron chi connectivity index (χ2n) is 8.86. The first kappa shape index (κ1) is 22.8. The van der Waals surface area contributed by atoms with Gasteiger partial charge in [-0.25, -0.2) is 4.39 Å². The van der Waals surface area contributed by atoms with E-state index in [2.05, 4.69) is 62.1 Å². The highest BCUT2D eigenvalue weighted by atomic mass is 19.1. The Kier molecular flexibility index (Phi) is 7.59. The fourth-order valence-electron chi connectivity index (χ4n) is 4.12. The maximum atomic E-state index is 15.2. The highest BCUT2D eigenvalue weighted by Gasteiger charge is 2.08. The zero-order valence-electron chi connectivity index (χ0n) is 19.6. The molecule has 0 aromatic heterocycles. The topological polar surface area (TPSA) is 0 Å². The van der Waals surface area contributed by atoms with Crippen molar-refractivity contribution in [1.29, 1.82) is 0 Å². The molecule has 33 heavy (non-hydrogen) atoms. The Morgan fingerprint density at radius 1 is 0.667 bits per heavy atom. The van der Waals surface area contributed by atoms with Crippen molar-refractivity contribution in [1.82, 2.24) is 0 Å². The van der Waals surface area contributed by atoms with E-state index in [0.717, 1.165) is 34.9 Å². The molecule has 0 amide bonds. The minimum atomic E-state index is -0.110. The van der Waals surface area contributed by atoms with Crippen molar-refractivity contribution in [3.63, 3.8) is 0 Å². The third-order valence-corrected chi connectivity index (χ3v) is 6.21. The molecule has 0 unspecified atom stereocenters. The number of benzene rings is 4. The van der Waals surface area contributed by atoms with Gasteiger partial charge in [-0.05, 0) is 78.9 Å². The summed E-state index contributed by atoms with van der Waals surface area (Å²) >= 11 is 0. The summed E-state index contributed by atoms with van der Waals surface area (Å²) in [5.74, 6) is 6.28. The molecule has 0 bridgehead atoms. The number of aryl methyl sites for hydroxylation is 4. The summed E-state index contributed by atoms with van der Waals surface area (Å²) in [5.41, 5.74) is 6.52.